The molecule has 33 heavy (non-hydrogen) atoms. The summed E-state index contributed by atoms with van der Waals surface area (Å²) in [6, 6.07) is 17.6. The van der Waals surface area contributed by atoms with Gasteiger partial charge in [0, 0.05) is 17.7 Å². The fraction of sp³-hybridized carbons (Fsp3) is 0.208. The Morgan fingerprint density at radius 2 is 1.85 bits per heavy atom. The summed E-state index contributed by atoms with van der Waals surface area (Å²) >= 11 is 1.59. The van der Waals surface area contributed by atoms with Crippen LogP contribution in [0, 0.1) is 6.92 Å². The normalized spacial score (nSPS) is 11.7. The van der Waals surface area contributed by atoms with Crippen LogP contribution in [0.1, 0.15) is 18.5 Å². The summed E-state index contributed by atoms with van der Waals surface area (Å²) in [7, 11) is 0. The van der Waals surface area contributed by atoms with Gasteiger partial charge in [-0.15, -0.1) is 21.5 Å². The summed E-state index contributed by atoms with van der Waals surface area (Å²) in [4.78, 5) is 25.9. The van der Waals surface area contributed by atoms with Crippen LogP contribution in [-0.4, -0.2) is 39.0 Å². The summed E-state index contributed by atoms with van der Waals surface area (Å²) in [5.74, 6) is 0.0506. The summed E-state index contributed by atoms with van der Waals surface area (Å²) < 4.78 is 6.75. The first-order valence-corrected chi connectivity index (χ1v) is 11.3. The lowest BCUT2D eigenvalue weighted by atomic mass is 10.1. The van der Waals surface area contributed by atoms with Gasteiger partial charge < -0.3 is 10.1 Å². The molecule has 0 bridgehead atoms. The second-order valence-electron chi connectivity index (χ2n) is 7.42. The quantitative estimate of drug-likeness (QED) is 0.403. The zero-order valence-corrected chi connectivity index (χ0v) is 19.1. The van der Waals surface area contributed by atoms with E-state index in [-0.39, 0.29) is 24.6 Å². The molecule has 0 saturated heterocycles. The van der Waals surface area contributed by atoms with Gasteiger partial charge in [0.25, 0.3) is 5.56 Å². The van der Waals surface area contributed by atoms with E-state index in [1.54, 1.807) is 30.4 Å². The van der Waals surface area contributed by atoms with Gasteiger partial charge in [-0.3, -0.25) is 9.59 Å². The Balaban J connectivity index is 1.32. The molecule has 9 heteroatoms. The van der Waals surface area contributed by atoms with Gasteiger partial charge in [-0.2, -0.15) is 5.10 Å². The summed E-state index contributed by atoms with van der Waals surface area (Å²) in [6.07, 6.45) is 0. The van der Waals surface area contributed by atoms with Crippen LogP contribution >= 0.6 is 11.3 Å². The molecule has 1 aromatic carbocycles. The van der Waals surface area contributed by atoms with Gasteiger partial charge in [-0.05, 0) is 37.4 Å². The second-order valence-corrected chi connectivity index (χ2v) is 8.36. The van der Waals surface area contributed by atoms with Crippen LogP contribution < -0.4 is 15.6 Å². The van der Waals surface area contributed by atoms with Gasteiger partial charge in [0.1, 0.15) is 18.3 Å². The van der Waals surface area contributed by atoms with Crippen LogP contribution in [0.2, 0.25) is 0 Å². The van der Waals surface area contributed by atoms with Gasteiger partial charge in [0.15, 0.2) is 0 Å². The fourth-order valence-corrected chi connectivity index (χ4v) is 3.81. The molecule has 0 saturated carbocycles. The number of rotatable bonds is 8. The number of carbonyl (C=O) groups excluding carboxylic acids is 1. The molecule has 0 aliphatic carbocycles. The van der Waals surface area contributed by atoms with Gasteiger partial charge in [0.05, 0.1) is 17.1 Å². The van der Waals surface area contributed by atoms with E-state index >= 15 is 0 Å². The molecule has 3 heterocycles. The number of amides is 1. The first kappa shape index (κ1) is 22.3. The number of benzene rings is 1. The molecule has 0 aliphatic heterocycles. The topological polar surface area (TPSA) is 99.0 Å². The summed E-state index contributed by atoms with van der Waals surface area (Å²) in [6.45, 7) is 4.11. The summed E-state index contributed by atoms with van der Waals surface area (Å²) in [5, 5.41) is 17.3. The molecule has 1 N–H and O–H groups in total. The average Bonchev–Trinajstić information content (AvgIpc) is 3.38. The highest BCUT2D eigenvalue weighted by molar-refractivity contribution is 7.13. The van der Waals surface area contributed by atoms with Crippen molar-refractivity contribution in [1.82, 2.24) is 25.3 Å². The third kappa shape index (κ3) is 5.50. The largest absolute Gasteiger partial charge is 0.475 e. The van der Waals surface area contributed by atoms with Crippen molar-refractivity contribution in [3.05, 3.63) is 82.0 Å². The highest BCUT2D eigenvalue weighted by atomic mass is 32.1. The lowest BCUT2D eigenvalue weighted by Crippen LogP contribution is -2.38. The van der Waals surface area contributed by atoms with Crippen molar-refractivity contribution < 1.29 is 9.53 Å². The molecular formula is C24H23N5O3S. The van der Waals surface area contributed by atoms with Crippen molar-refractivity contribution in [1.29, 1.82) is 0 Å². The third-order valence-electron chi connectivity index (χ3n) is 4.98. The Morgan fingerprint density at radius 1 is 1.06 bits per heavy atom. The van der Waals surface area contributed by atoms with Crippen molar-refractivity contribution >= 4 is 17.2 Å². The summed E-state index contributed by atoms with van der Waals surface area (Å²) in [5.41, 5.74) is 3.08. The number of hydrogen-bond acceptors (Lipinski definition) is 7. The van der Waals surface area contributed by atoms with E-state index in [9.17, 15) is 9.59 Å². The molecule has 168 valence electrons. The Morgan fingerprint density at radius 3 is 2.55 bits per heavy atom. The molecular weight excluding hydrogens is 438 g/mol. The smallest absolute Gasteiger partial charge is 0.267 e. The number of nitrogens with one attached hydrogen (secondary N) is 1. The molecule has 8 nitrogen and oxygen atoms in total. The minimum absolute atomic E-state index is 0.219. The van der Waals surface area contributed by atoms with Crippen LogP contribution in [0.4, 0.5) is 0 Å². The molecule has 1 atom stereocenters. The van der Waals surface area contributed by atoms with E-state index in [2.05, 4.69) is 20.6 Å². The van der Waals surface area contributed by atoms with Crippen LogP contribution in [0.15, 0.2) is 70.8 Å². The number of carbonyl (C=O) groups is 1. The molecule has 1 unspecified atom stereocenters. The SMILES string of the molecule is Cc1ccc(-c2ccc(=O)n(C(C)C(=O)NCCOc3ccc(-c4cccs4)nn3)n2)cc1. The molecule has 3 aromatic heterocycles. The van der Waals surface area contributed by atoms with E-state index in [1.165, 1.54) is 10.7 Å². The van der Waals surface area contributed by atoms with Gasteiger partial charge >= 0.3 is 0 Å². The Bertz CT molecular complexity index is 1270. The molecule has 0 spiro atoms. The van der Waals surface area contributed by atoms with Crippen molar-refractivity contribution in [2.24, 2.45) is 0 Å². The third-order valence-corrected chi connectivity index (χ3v) is 5.88. The minimum Gasteiger partial charge on any atom is -0.475 e. The Kier molecular flexibility index (Phi) is 6.89. The maximum Gasteiger partial charge on any atom is 0.267 e. The molecule has 0 aliphatic rings. The van der Waals surface area contributed by atoms with E-state index in [4.69, 9.17) is 4.74 Å². The molecule has 0 radical (unpaired) electrons. The highest BCUT2D eigenvalue weighted by Crippen LogP contribution is 2.22. The van der Waals surface area contributed by atoms with Crippen LogP contribution in [0.25, 0.3) is 21.8 Å². The second kappa shape index (κ2) is 10.2. The van der Waals surface area contributed by atoms with E-state index in [0.29, 0.717) is 11.6 Å². The van der Waals surface area contributed by atoms with Crippen LogP contribution in [0.3, 0.4) is 0 Å². The molecule has 4 rings (SSSR count). The highest BCUT2D eigenvalue weighted by Gasteiger charge is 2.18. The lowest BCUT2D eigenvalue weighted by Gasteiger charge is -2.15. The molecule has 4 aromatic rings. The predicted molar refractivity (Wildman–Crippen MR) is 127 cm³/mol. The number of thiophene rings is 1. The lowest BCUT2D eigenvalue weighted by molar-refractivity contribution is -0.124. The average molecular weight is 462 g/mol. The monoisotopic (exact) mass is 461 g/mol. The van der Waals surface area contributed by atoms with Gasteiger partial charge in [-0.25, -0.2) is 4.68 Å². The first-order valence-electron chi connectivity index (χ1n) is 10.5. The zero-order chi connectivity index (χ0) is 23.2. The molecule has 1 amide bonds. The first-order chi connectivity index (χ1) is 16.0. The maximum atomic E-state index is 12.6. The fourth-order valence-electron chi connectivity index (χ4n) is 3.12. The Hall–Kier alpha value is -3.85. The van der Waals surface area contributed by atoms with E-state index in [1.807, 2.05) is 54.8 Å². The van der Waals surface area contributed by atoms with E-state index in [0.717, 1.165) is 21.7 Å². The zero-order valence-electron chi connectivity index (χ0n) is 18.3. The number of aromatic nitrogens is 4. The number of nitrogens with zero attached hydrogens (tertiary/aromatic N) is 4. The molecule has 0 fully saturated rings. The number of ether oxygens (including phenoxy) is 1. The van der Waals surface area contributed by atoms with Crippen molar-refractivity contribution in [2.75, 3.05) is 13.2 Å². The van der Waals surface area contributed by atoms with Gasteiger partial charge in [-0.1, -0.05) is 35.9 Å². The van der Waals surface area contributed by atoms with Crippen molar-refractivity contribution in [3.8, 4) is 27.7 Å². The van der Waals surface area contributed by atoms with Crippen molar-refractivity contribution in [3.63, 3.8) is 0 Å². The Labute approximate surface area is 194 Å². The van der Waals surface area contributed by atoms with Crippen molar-refractivity contribution in [2.45, 2.75) is 19.9 Å². The maximum absolute atomic E-state index is 12.6. The predicted octanol–water partition coefficient (Wildman–Crippen LogP) is 3.49. The van der Waals surface area contributed by atoms with E-state index < -0.39 is 6.04 Å². The standard InChI is InChI=1S/C24H23N5O3S/c1-16-5-7-18(8-6-16)19-10-12-23(30)29(28-19)17(2)24(31)25-13-14-32-22-11-9-20(26-27-22)21-4-3-15-33-21/h3-12,15,17H,13-14H2,1-2H3,(H,25,31). The van der Waals surface area contributed by atoms with Crippen LogP contribution in [0.5, 0.6) is 5.88 Å². The minimum atomic E-state index is -0.771. The van der Waals surface area contributed by atoms with Gasteiger partial charge in [0.2, 0.25) is 11.8 Å². The number of hydrogen-bond donors (Lipinski definition) is 1. The number of aryl methyl sites for hydroxylation is 1. The van der Waals surface area contributed by atoms with Crippen LogP contribution in [-0.2, 0) is 4.79 Å².